The quantitative estimate of drug-likeness (QED) is 0.870. The van der Waals surface area contributed by atoms with E-state index in [2.05, 4.69) is 47.2 Å². The molecule has 0 bridgehead atoms. The summed E-state index contributed by atoms with van der Waals surface area (Å²) in [6, 6.07) is 10.6. The van der Waals surface area contributed by atoms with E-state index in [0.717, 1.165) is 44.0 Å². The topological polar surface area (TPSA) is 46.6 Å². The van der Waals surface area contributed by atoms with Crippen LogP contribution >= 0.6 is 0 Å². The molecule has 3 rings (SSSR count). The summed E-state index contributed by atoms with van der Waals surface area (Å²) in [5, 5.41) is 3.30. The van der Waals surface area contributed by atoms with Crippen LogP contribution in [0.3, 0.4) is 0 Å². The van der Waals surface area contributed by atoms with Gasteiger partial charge in [0.1, 0.15) is 5.75 Å². The molecule has 134 valence electrons. The minimum Gasteiger partial charge on any atom is -0.439 e. The zero-order valence-corrected chi connectivity index (χ0v) is 15.3. The van der Waals surface area contributed by atoms with E-state index in [1.807, 2.05) is 25.4 Å². The fraction of sp³-hybridized carbons (Fsp3) is 0.450. The predicted octanol–water partition coefficient (Wildman–Crippen LogP) is 3.55. The van der Waals surface area contributed by atoms with E-state index in [1.54, 1.807) is 0 Å². The van der Waals surface area contributed by atoms with E-state index in [9.17, 15) is 0 Å². The highest BCUT2D eigenvalue weighted by molar-refractivity contribution is 5.52. The second-order valence-corrected chi connectivity index (χ2v) is 6.25. The lowest BCUT2D eigenvalue weighted by atomic mass is 10.0. The summed E-state index contributed by atoms with van der Waals surface area (Å²) in [7, 11) is 1.97. The third kappa shape index (κ3) is 4.11. The number of anilines is 1. The number of aromatic nitrogens is 1. The average molecular weight is 341 g/mol. The van der Waals surface area contributed by atoms with Crippen LogP contribution in [0.1, 0.15) is 31.0 Å². The molecule has 0 amide bonds. The molecule has 1 aliphatic heterocycles. The molecule has 5 heteroatoms. The van der Waals surface area contributed by atoms with Gasteiger partial charge in [-0.1, -0.05) is 13.0 Å². The average Bonchev–Trinajstić information content (AvgIpc) is 2.68. The van der Waals surface area contributed by atoms with Gasteiger partial charge >= 0.3 is 0 Å². The molecule has 25 heavy (non-hydrogen) atoms. The Kier molecular flexibility index (Phi) is 5.89. The molecule has 5 nitrogen and oxygen atoms in total. The fourth-order valence-corrected chi connectivity index (χ4v) is 3.17. The van der Waals surface area contributed by atoms with E-state index in [4.69, 9.17) is 9.47 Å². The van der Waals surface area contributed by atoms with Crippen molar-refractivity contribution in [3.8, 4) is 11.6 Å². The lowest BCUT2D eigenvalue weighted by Gasteiger charge is -2.29. The minimum atomic E-state index is 0.264. The van der Waals surface area contributed by atoms with Crippen molar-refractivity contribution in [1.29, 1.82) is 0 Å². The first-order valence-electron chi connectivity index (χ1n) is 8.98. The van der Waals surface area contributed by atoms with Crippen LogP contribution in [0.4, 0.5) is 5.69 Å². The monoisotopic (exact) mass is 341 g/mol. The molecule has 0 aliphatic carbocycles. The van der Waals surface area contributed by atoms with Gasteiger partial charge in [-0.15, -0.1) is 0 Å². The maximum Gasteiger partial charge on any atom is 0.222 e. The lowest BCUT2D eigenvalue weighted by Crippen LogP contribution is -2.36. The maximum absolute atomic E-state index is 6.17. The Bertz CT molecular complexity index is 699. The molecule has 1 aromatic heterocycles. The number of nitrogens with zero attached hydrogens (tertiary/aromatic N) is 2. The Morgan fingerprint density at radius 3 is 2.80 bits per heavy atom. The number of benzene rings is 1. The van der Waals surface area contributed by atoms with Crippen LogP contribution in [0.15, 0.2) is 36.5 Å². The van der Waals surface area contributed by atoms with Crippen molar-refractivity contribution in [3.63, 3.8) is 0 Å². The molecule has 0 radical (unpaired) electrons. The molecular weight excluding hydrogens is 314 g/mol. The van der Waals surface area contributed by atoms with Gasteiger partial charge in [-0.25, -0.2) is 4.98 Å². The number of rotatable bonds is 6. The van der Waals surface area contributed by atoms with E-state index in [-0.39, 0.29) is 6.04 Å². The van der Waals surface area contributed by atoms with Gasteiger partial charge in [0.05, 0.1) is 13.2 Å². The fourth-order valence-electron chi connectivity index (χ4n) is 3.17. The molecule has 1 aromatic carbocycles. The summed E-state index contributed by atoms with van der Waals surface area (Å²) in [5.41, 5.74) is 3.55. The summed E-state index contributed by atoms with van der Waals surface area (Å²) >= 11 is 0. The molecular formula is C20H27N3O2. The Morgan fingerprint density at radius 2 is 2.08 bits per heavy atom. The molecule has 1 fully saturated rings. The second kappa shape index (κ2) is 8.32. The number of pyridine rings is 1. The van der Waals surface area contributed by atoms with Gasteiger partial charge in [0.2, 0.25) is 5.88 Å². The van der Waals surface area contributed by atoms with Crippen LogP contribution in [-0.4, -0.2) is 38.3 Å². The third-order valence-corrected chi connectivity index (χ3v) is 4.71. The van der Waals surface area contributed by atoms with Gasteiger partial charge in [-0.2, -0.15) is 0 Å². The summed E-state index contributed by atoms with van der Waals surface area (Å²) < 4.78 is 11.6. The first-order chi connectivity index (χ1) is 12.2. The predicted molar refractivity (Wildman–Crippen MR) is 101 cm³/mol. The zero-order chi connectivity index (χ0) is 17.6. The van der Waals surface area contributed by atoms with Crippen molar-refractivity contribution in [3.05, 3.63) is 47.7 Å². The second-order valence-electron chi connectivity index (χ2n) is 6.25. The Labute approximate surface area is 150 Å². The van der Waals surface area contributed by atoms with Gasteiger partial charge in [0.25, 0.3) is 0 Å². The lowest BCUT2D eigenvalue weighted by molar-refractivity contribution is 0.122. The van der Waals surface area contributed by atoms with Gasteiger partial charge in [-0.3, -0.25) is 0 Å². The van der Waals surface area contributed by atoms with Crippen molar-refractivity contribution in [2.75, 3.05) is 38.3 Å². The number of hydrogen-bond donors (Lipinski definition) is 1. The highest BCUT2D eigenvalue weighted by Crippen LogP contribution is 2.31. The molecule has 1 atom stereocenters. The summed E-state index contributed by atoms with van der Waals surface area (Å²) in [6.45, 7) is 7.67. The maximum atomic E-state index is 6.17. The van der Waals surface area contributed by atoms with Crippen LogP contribution in [0.2, 0.25) is 0 Å². The van der Waals surface area contributed by atoms with Crippen molar-refractivity contribution in [2.24, 2.45) is 0 Å². The summed E-state index contributed by atoms with van der Waals surface area (Å²) in [6.07, 6.45) is 2.71. The molecule has 0 spiro atoms. The number of nitrogens with one attached hydrogen (secondary N) is 1. The largest absolute Gasteiger partial charge is 0.439 e. The van der Waals surface area contributed by atoms with Crippen molar-refractivity contribution < 1.29 is 9.47 Å². The van der Waals surface area contributed by atoms with Crippen molar-refractivity contribution in [2.45, 2.75) is 26.3 Å². The van der Waals surface area contributed by atoms with Gasteiger partial charge in [0.15, 0.2) is 0 Å². The normalized spacial score (nSPS) is 15.9. The Balaban J connectivity index is 1.85. The van der Waals surface area contributed by atoms with Crippen molar-refractivity contribution >= 4 is 5.69 Å². The molecule has 2 heterocycles. The van der Waals surface area contributed by atoms with Crippen LogP contribution in [0, 0.1) is 0 Å². The smallest absolute Gasteiger partial charge is 0.222 e. The first kappa shape index (κ1) is 17.7. The van der Waals surface area contributed by atoms with Gasteiger partial charge in [0, 0.05) is 42.6 Å². The van der Waals surface area contributed by atoms with Crippen LogP contribution in [-0.2, 0) is 11.2 Å². The van der Waals surface area contributed by atoms with Gasteiger partial charge in [-0.05, 0) is 44.2 Å². The first-order valence-corrected chi connectivity index (χ1v) is 8.98. The number of hydrogen-bond acceptors (Lipinski definition) is 5. The third-order valence-electron chi connectivity index (χ3n) is 4.71. The van der Waals surface area contributed by atoms with E-state index < -0.39 is 0 Å². The number of ether oxygens (including phenoxy) is 2. The van der Waals surface area contributed by atoms with Crippen molar-refractivity contribution in [1.82, 2.24) is 10.3 Å². The molecule has 1 unspecified atom stereocenters. The SMILES string of the molecule is CCc1c(C(C)NC)ccnc1Oc1cccc(N2CCOCC2)c1. The highest BCUT2D eigenvalue weighted by Gasteiger charge is 2.16. The van der Waals surface area contributed by atoms with Crippen LogP contribution < -0.4 is 15.0 Å². The summed E-state index contributed by atoms with van der Waals surface area (Å²) in [5.74, 6) is 1.52. The summed E-state index contributed by atoms with van der Waals surface area (Å²) in [4.78, 5) is 6.80. The molecule has 0 saturated carbocycles. The highest BCUT2D eigenvalue weighted by atomic mass is 16.5. The van der Waals surface area contributed by atoms with Gasteiger partial charge < -0.3 is 19.7 Å². The van der Waals surface area contributed by atoms with E-state index in [0.29, 0.717) is 5.88 Å². The van der Waals surface area contributed by atoms with Crippen LogP contribution in [0.5, 0.6) is 11.6 Å². The molecule has 1 aliphatic rings. The standard InChI is InChI=1S/C20H27N3O2/c1-4-18-19(15(2)21-3)8-9-22-20(18)25-17-7-5-6-16(14-17)23-10-12-24-13-11-23/h5-9,14-15,21H,4,10-13H2,1-3H3. The Morgan fingerprint density at radius 1 is 1.28 bits per heavy atom. The minimum absolute atomic E-state index is 0.264. The van der Waals surface area contributed by atoms with E-state index in [1.165, 1.54) is 11.3 Å². The van der Waals surface area contributed by atoms with Crippen LogP contribution in [0.25, 0.3) is 0 Å². The van der Waals surface area contributed by atoms with E-state index >= 15 is 0 Å². The molecule has 1 N–H and O–H groups in total. The molecule has 1 saturated heterocycles. The zero-order valence-electron chi connectivity index (χ0n) is 15.3. The molecule has 2 aromatic rings. The number of morpholine rings is 1. The Hall–Kier alpha value is -2.11.